The van der Waals surface area contributed by atoms with Crippen molar-refractivity contribution in [3.05, 3.63) is 65.9 Å². The molecular weight excluding hydrogens is 468 g/mol. The van der Waals surface area contributed by atoms with Gasteiger partial charge in [-0.1, -0.05) is 12.1 Å². The maximum absolute atomic E-state index is 13.6. The summed E-state index contributed by atoms with van der Waals surface area (Å²) in [6.45, 7) is -0.0484. The number of ether oxygens (including phenoxy) is 1. The Morgan fingerprint density at radius 3 is 2.34 bits per heavy atom. The Morgan fingerprint density at radius 1 is 1.17 bits per heavy atom. The Hall–Kier alpha value is -3.97. The number of rotatable bonds is 9. The van der Waals surface area contributed by atoms with E-state index in [4.69, 9.17) is 9.26 Å². The van der Waals surface area contributed by atoms with Crippen LogP contribution in [0.2, 0.25) is 0 Å². The van der Waals surface area contributed by atoms with Crippen LogP contribution in [-0.4, -0.2) is 59.4 Å². The molecule has 1 aromatic heterocycles. The van der Waals surface area contributed by atoms with Gasteiger partial charge in [0.2, 0.25) is 5.76 Å². The third-order valence-corrected chi connectivity index (χ3v) is 6.94. The molecule has 9 nitrogen and oxygen atoms in total. The number of nitriles is 1. The first-order chi connectivity index (χ1) is 16.6. The molecule has 2 aromatic carbocycles. The molecule has 0 radical (unpaired) electrons. The number of methoxy groups -OCH3 is 1. The standard InChI is InChI=1S/C25H28N4O5S/c1-33-19-10-6-17(7-11-19)23(24(31)27-18-8-12-20(13-9-18)35(2,3)4)29(15-5-14-26)25(32)21-16-22(30)28-34-21/h6-13,16,23H,5,15H2,1-4H3,(H,27,31)(H,28,30). The fourth-order valence-electron chi connectivity index (χ4n) is 3.44. The van der Waals surface area contributed by atoms with Crippen molar-refractivity contribution in [3.8, 4) is 17.7 Å². The van der Waals surface area contributed by atoms with Crippen molar-refractivity contribution < 1.29 is 24.0 Å². The van der Waals surface area contributed by atoms with Crippen molar-refractivity contribution in [2.75, 3.05) is 37.7 Å². The van der Waals surface area contributed by atoms with Crippen molar-refractivity contribution >= 4 is 27.5 Å². The highest BCUT2D eigenvalue weighted by Gasteiger charge is 2.34. The van der Waals surface area contributed by atoms with Gasteiger partial charge in [0.15, 0.2) is 0 Å². The Kier molecular flexibility index (Phi) is 8.04. The van der Waals surface area contributed by atoms with Crippen LogP contribution in [0.4, 0.5) is 5.69 Å². The molecule has 184 valence electrons. The van der Waals surface area contributed by atoms with Gasteiger partial charge in [-0.15, -0.1) is 0 Å². The predicted molar refractivity (Wildman–Crippen MR) is 134 cm³/mol. The van der Waals surface area contributed by atoms with Gasteiger partial charge in [-0.25, -0.2) is 10.0 Å². The van der Waals surface area contributed by atoms with Crippen LogP contribution in [0.25, 0.3) is 0 Å². The molecule has 0 aliphatic rings. The van der Waals surface area contributed by atoms with Gasteiger partial charge in [0, 0.05) is 12.2 Å². The van der Waals surface area contributed by atoms with Crippen molar-refractivity contribution in [3.63, 3.8) is 0 Å². The second-order valence-corrected chi connectivity index (χ2v) is 12.6. The number of anilines is 1. The Balaban J connectivity index is 1.99. The summed E-state index contributed by atoms with van der Waals surface area (Å²) in [6, 6.07) is 16.3. The molecule has 3 aromatic rings. The van der Waals surface area contributed by atoms with Crippen LogP contribution >= 0.6 is 10.0 Å². The first kappa shape index (κ1) is 25.6. The molecule has 0 fully saturated rings. The number of benzene rings is 2. The maximum atomic E-state index is 13.6. The molecule has 0 spiro atoms. The molecule has 0 saturated heterocycles. The van der Waals surface area contributed by atoms with Crippen LogP contribution in [0.5, 0.6) is 11.6 Å². The number of amides is 2. The quantitative estimate of drug-likeness (QED) is 0.455. The highest BCUT2D eigenvalue weighted by atomic mass is 32.3. The lowest BCUT2D eigenvalue weighted by Crippen LogP contribution is -2.41. The lowest BCUT2D eigenvalue weighted by atomic mass is 10.0. The van der Waals surface area contributed by atoms with E-state index in [0.29, 0.717) is 17.0 Å². The third-order valence-electron chi connectivity index (χ3n) is 5.25. The average Bonchev–Trinajstić information content (AvgIpc) is 3.27. The zero-order valence-electron chi connectivity index (χ0n) is 20.0. The number of hydrogen-bond donors (Lipinski definition) is 2. The van der Waals surface area contributed by atoms with E-state index in [1.807, 2.05) is 30.3 Å². The molecule has 2 amide bonds. The molecule has 0 bridgehead atoms. The zero-order valence-corrected chi connectivity index (χ0v) is 20.8. The van der Waals surface area contributed by atoms with Gasteiger partial charge in [0.05, 0.1) is 25.7 Å². The number of nitrogens with one attached hydrogen (secondary N) is 1. The van der Waals surface area contributed by atoms with Gasteiger partial charge in [-0.3, -0.25) is 9.59 Å². The number of carbonyl (C=O) groups is 2. The summed E-state index contributed by atoms with van der Waals surface area (Å²) >= 11 is 0. The second-order valence-electron chi connectivity index (χ2n) is 8.48. The predicted octanol–water partition coefficient (Wildman–Crippen LogP) is 4.18. The second kappa shape index (κ2) is 11.0. The Labute approximate surface area is 205 Å². The SMILES string of the molecule is COc1ccc(C(C(=O)Nc2ccc(S(C)(C)C)cc2)N(CCC#N)C(=O)c2cc(O)no2)cc1. The minimum absolute atomic E-state index is 0.0190. The van der Waals surface area contributed by atoms with Crippen LogP contribution in [-0.2, 0) is 4.79 Å². The summed E-state index contributed by atoms with van der Waals surface area (Å²) < 4.78 is 10.1. The fourth-order valence-corrected chi connectivity index (χ4v) is 4.40. The number of aromatic nitrogens is 1. The molecule has 0 aliphatic heterocycles. The van der Waals surface area contributed by atoms with E-state index in [0.717, 1.165) is 6.07 Å². The third kappa shape index (κ3) is 6.33. The molecule has 2 N–H and O–H groups in total. The molecule has 1 heterocycles. The molecule has 1 atom stereocenters. The van der Waals surface area contributed by atoms with Crippen LogP contribution < -0.4 is 10.1 Å². The number of aromatic hydroxyl groups is 1. The molecular formula is C25H28N4O5S. The summed E-state index contributed by atoms with van der Waals surface area (Å²) in [4.78, 5) is 29.3. The summed E-state index contributed by atoms with van der Waals surface area (Å²) in [5, 5.41) is 24.9. The fraction of sp³-hybridized carbons (Fsp3) is 0.280. The first-order valence-electron chi connectivity index (χ1n) is 10.7. The summed E-state index contributed by atoms with van der Waals surface area (Å²) in [5.41, 5.74) is 1.08. The Morgan fingerprint density at radius 2 is 1.83 bits per heavy atom. The normalized spacial score (nSPS) is 12.3. The van der Waals surface area contributed by atoms with Crippen molar-refractivity contribution in [2.24, 2.45) is 0 Å². The lowest BCUT2D eigenvalue weighted by Gasteiger charge is -2.30. The molecule has 3 rings (SSSR count). The average molecular weight is 497 g/mol. The lowest BCUT2D eigenvalue weighted by molar-refractivity contribution is -0.120. The number of hydrogen-bond acceptors (Lipinski definition) is 7. The van der Waals surface area contributed by atoms with Crippen LogP contribution in [0.1, 0.15) is 28.6 Å². The number of carbonyl (C=O) groups excluding carboxylic acids is 2. The first-order valence-corrected chi connectivity index (χ1v) is 13.6. The van der Waals surface area contributed by atoms with E-state index < -0.39 is 33.8 Å². The molecule has 0 aliphatic carbocycles. The van der Waals surface area contributed by atoms with Crippen LogP contribution in [0.3, 0.4) is 0 Å². The van der Waals surface area contributed by atoms with Gasteiger partial charge in [-0.2, -0.15) is 5.26 Å². The molecule has 0 saturated carbocycles. The smallest absolute Gasteiger partial charge is 0.293 e. The Bertz CT molecular complexity index is 1210. The zero-order chi connectivity index (χ0) is 25.6. The van der Waals surface area contributed by atoms with Crippen molar-refractivity contribution in [1.29, 1.82) is 5.26 Å². The van der Waals surface area contributed by atoms with E-state index in [9.17, 15) is 20.0 Å². The topological polar surface area (TPSA) is 129 Å². The summed E-state index contributed by atoms with van der Waals surface area (Å²) in [5.74, 6) is -1.27. The van der Waals surface area contributed by atoms with Gasteiger partial charge in [-0.05, 0) is 70.8 Å². The van der Waals surface area contributed by atoms with E-state index >= 15 is 0 Å². The van der Waals surface area contributed by atoms with E-state index in [1.54, 1.807) is 24.3 Å². The van der Waals surface area contributed by atoms with Crippen LogP contribution in [0, 0.1) is 11.3 Å². The van der Waals surface area contributed by atoms with Gasteiger partial charge >= 0.3 is 0 Å². The van der Waals surface area contributed by atoms with E-state index in [2.05, 4.69) is 29.2 Å². The summed E-state index contributed by atoms with van der Waals surface area (Å²) in [7, 11) is 0.607. The van der Waals surface area contributed by atoms with Gasteiger partial charge in [0.1, 0.15) is 11.8 Å². The molecule has 10 heteroatoms. The minimum Gasteiger partial charge on any atom is -0.497 e. The number of nitrogens with zero attached hydrogens (tertiary/aromatic N) is 3. The van der Waals surface area contributed by atoms with E-state index in [1.165, 1.54) is 16.9 Å². The minimum atomic E-state index is -1.10. The van der Waals surface area contributed by atoms with Crippen molar-refractivity contribution in [1.82, 2.24) is 10.1 Å². The van der Waals surface area contributed by atoms with Crippen molar-refractivity contribution in [2.45, 2.75) is 17.4 Å². The summed E-state index contributed by atoms with van der Waals surface area (Å²) in [6.07, 6.45) is 6.52. The van der Waals surface area contributed by atoms with Crippen LogP contribution in [0.15, 0.2) is 64.0 Å². The van der Waals surface area contributed by atoms with E-state index in [-0.39, 0.29) is 18.7 Å². The monoisotopic (exact) mass is 496 g/mol. The maximum Gasteiger partial charge on any atom is 0.293 e. The highest BCUT2D eigenvalue weighted by Crippen LogP contribution is 2.45. The highest BCUT2D eigenvalue weighted by molar-refractivity contribution is 8.32. The molecule has 1 unspecified atom stereocenters. The largest absolute Gasteiger partial charge is 0.497 e. The molecule has 35 heavy (non-hydrogen) atoms. The van der Waals surface area contributed by atoms with Gasteiger partial charge < -0.3 is 24.6 Å². The van der Waals surface area contributed by atoms with Gasteiger partial charge in [0.25, 0.3) is 17.7 Å².